The van der Waals surface area contributed by atoms with E-state index in [1.165, 1.54) is 0 Å². The van der Waals surface area contributed by atoms with Crippen LogP contribution in [0.3, 0.4) is 0 Å². The van der Waals surface area contributed by atoms with Crippen molar-refractivity contribution in [3.8, 4) is 0 Å². The third kappa shape index (κ3) is 5.92. The standard InChI is InChI=1S/C16H21ClN6O/c1-3-18-14-9-11(2)21-15(23-14)19-7-8-20-16(24)22-13-6-4-5-12(17)10-13/h4-6,9-10H,3,7-8H2,1-2H3,(H2,20,22,24)(H2,18,19,21,23). The lowest BCUT2D eigenvalue weighted by Gasteiger charge is -2.10. The average molecular weight is 349 g/mol. The number of nitrogens with zero attached hydrogens (tertiary/aromatic N) is 2. The molecule has 1 aromatic carbocycles. The lowest BCUT2D eigenvalue weighted by molar-refractivity contribution is 0.252. The van der Waals surface area contributed by atoms with Gasteiger partial charge in [-0.1, -0.05) is 17.7 Å². The topological polar surface area (TPSA) is 91.0 Å². The quantitative estimate of drug-likeness (QED) is 0.577. The summed E-state index contributed by atoms with van der Waals surface area (Å²) in [7, 11) is 0. The molecule has 0 bridgehead atoms. The van der Waals surface area contributed by atoms with E-state index >= 15 is 0 Å². The van der Waals surface area contributed by atoms with Crippen molar-refractivity contribution in [2.75, 3.05) is 35.6 Å². The molecule has 1 aromatic heterocycles. The summed E-state index contributed by atoms with van der Waals surface area (Å²) < 4.78 is 0. The van der Waals surface area contributed by atoms with Gasteiger partial charge in [0.05, 0.1) is 0 Å². The number of carbonyl (C=O) groups is 1. The van der Waals surface area contributed by atoms with Gasteiger partial charge in [0.1, 0.15) is 5.82 Å². The van der Waals surface area contributed by atoms with Crippen LogP contribution in [-0.2, 0) is 0 Å². The Morgan fingerprint density at radius 3 is 2.75 bits per heavy atom. The molecule has 24 heavy (non-hydrogen) atoms. The largest absolute Gasteiger partial charge is 0.370 e. The van der Waals surface area contributed by atoms with E-state index in [1.807, 2.05) is 19.9 Å². The van der Waals surface area contributed by atoms with E-state index in [2.05, 4.69) is 31.2 Å². The van der Waals surface area contributed by atoms with Crippen LogP contribution in [0.25, 0.3) is 0 Å². The number of hydrogen-bond donors (Lipinski definition) is 4. The van der Waals surface area contributed by atoms with Gasteiger partial charge < -0.3 is 21.3 Å². The fourth-order valence-corrected chi connectivity index (χ4v) is 2.20. The number of carbonyl (C=O) groups excluding carboxylic acids is 1. The first-order chi connectivity index (χ1) is 11.6. The minimum Gasteiger partial charge on any atom is -0.370 e. The normalized spacial score (nSPS) is 10.1. The van der Waals surface area contributed by atoms with E-state index in [-0.39, 0.29) is 6.03 Å². The molecular formula is C16H21ClN6O. The maximum absolute atomic E-state index is 11.8. The average Bonchev–Trinajstić information content (AvgIpc) is 2.51. The van der Waals surface area contributed by atoms with Gasteiger partial charge in [0.15, 0.2) is 0 Å². The van der Waals surface area contributed by atoms with E-state index in [0.717, 1.165) is 18.1 Å². The van der Waals surface area contributed by atoms with Gasteiger partial charge >= 0.3 is 6.03 Å². The molecule has 2 aromatic rings. The zero-order valence-corrected chi connectivity index (χ0v) is 14.4. The summed E-state index contributed by atoms with van der Waals surface area (Å²) in [6.45, 7) is 5.65. The van der Waals surface area contributed by atoms with Crippen LogP contribution in [0.5, 0.6) is 0 Å². The molecule has 7 nitrogen and oxygen atoms in total. The minimum atomic E-state index is -0.294. The summed E-state index contributed by atoms with van der Waals surface area (Å²) in [5.41, 5.74) is 1.51. The Bertz CT molecular complexity index is 694. The highest BCUT2D eigenvalue weighted by atomic mass is 35.5. The van der Waals surface area contributed by atoms with Crippen LogP contribution < -0.4 is 21.3 Å². The lowest BCUT2D eigenvalue weighted by atomic mass is 10.3. The lowest BCUT2D eigenvalue weighted by Crippen LogP contribution is -2.32. The molecule has 0 unspecified atom stereocenters. The van der Waals surface area contributed by atoms with Crippen LogP contribution in [0, 0.1) is 6.92 Å². The second-order valence-electron chi connectivity index (χ2n) is 5.07. The van der Waals surface area contributed by atoms with Crippen molar-refractivity contribution >= 4 is 35.1 Å². The first kappa shape index (κ1) is 17.8. The molecule has 0 aliphatic carbocycles. The molecule has 0 atom stereocenters. The van der Waals surface area contributed by atoms with Crippen molar-refractivity contribution in [1.29, 1.82) is 0 Å². The number of benzene rings is 1. The highest BCUT2D eigenvalue weighted by Crippen LogP contribution is 2.14. The predicted molar refractivity (Wildman–Crippen MR) is 97.9 cm³/mol. The molecule has 0 saturated heterocycles. The Hall–Kier alpha value is -2.54. The molecule has 0 fully saturated rings. The number of aromatic nitrogens is 2. The van der Waals surface area contributed by atoms with E-state index in [4.69, 9.17) is 11.6 Å². The maximum atomic E-state index is 11.8. The third-order valence-electron chi connectivity index (χ3n) is 2.99. The Balaban J connectivity index is 1.75. The second kappa shape index (κ2) is 8.93. The highest BCUT2D eigenvalue weighted by molar-refractivity contribution is 6.30. The molecule has 0 saturated carbocycles. The monoisotopic (exact) mass is 348 g/mol. The number of amides is 2. The van der Waals surface area contributed by atoms with Gasteiger partial charge in [-0.2, -0.15) is 4.98 Å². The number of rotatable bonds is 7. The number of halogens is 1. The Morgan fingerprint density at radius 2 is 2.00 bits per heavy atom. The zero-order chi connectivity index (χ0) is 17.4. The summed E-state index contributed by atoms with van der Waals surface area (Å²) in [4.78, 5) is 20.4. The van der Waals surface area contributed by atoms with Crippen LogP contribution in [0.2, 0.25) is 5.02 Å². The van der Waals surface area contributed by atoms with Gasteiger partial charge in [-0.15, -0.1) is 0 Å². The molecule has 128 valence electrons. The summed E-state index contributed by atoms with van der Waals surface area (Å²) in [6, 6.07) is 8.56. The van der Waals surface area contributed by atoms with Crippen LogP contribution in [-0.4, -0.2) is 35.6 Å². The first-order valence-electron chi connectivity index (χ1n) is 7.70. The van der Waals surface area contributed by atoms with Crippen molar-refractivity contribution < 1.29 is 4.79 Å². The molecule has 0 spiro atoms. The highest BCUT2D eigenvalue weighted by Gasteiger charge is 2.03. The second-order valence-corrected chi connectivity index (χ2v) is 5.50. The molecule has 8 heteroatoms. The van der Waals surface area contributed by atoms with Crippen molar-refractivity contribution in [1.82, 2.24) is 15.3 Å². The van der Waals surface area contributed by atoms with E-state index in [0.29, 0.717) is 29.7 Å². The van der Waals surface area contributed by atoms with Gasteiger partial charge in [-0.25, -0.2) is 9.78 Å². The molecule has 4 N–H and O–H groups in total. The Morgan fingerprint density at radius 1 is 1.17 bits per heavy atom. The fraction of sp³-hybridized carbons (Fsp3) is 0.312. The van der Waals surface area contributed by atoms with Crippen molar-refractivity contribution in [2.24, 2.45) is 0 Å². The number of hydrogen-bond acceptors (Lipinski definition) is 5. The van der Waals surface area contributed by atoms with E-state index in [1.54, 1.807) is 24.3 Å². The molecular weight excluding hydrogens is 328 g/mol. The summed E-state index contributed by atoms with van der Waals surface area (Å²) in [5.74, 6) is 1.31. The van der Waals surface area contributed by atoms with Crippen LogP contribution in [0.15, 0.2) is 30.3 Å². The molecule has 0 radical (unpaired) electrons. The smallest absolute Gasteiger partial charge is 0.319 e. The van der Waals surface area contributed by atoms with Gasteiger partial charge in [0, 0.05) is 42.1 Å². The Labute approximate surface area is 146 Å². The number of nitrogens with one attached hydrogen (secondary N) is 4. The molecule has 0 aliphatic rings. The fourth-order valence-electron chi connectivity index (χ4n) is 2.01. The molecule has 1 heterocycles. The summed E-state index contributed by atoms with van der Waals surface area (Å²) in [6.07, 6.45) is 0. The SMILES string of the molecule is CCNc1cc(C)nc(NCCNC(=O)Nc2cccc(Cl)c2)n1. The number of anilines is 3. The van der Waals surface area contributed by atoms with E-state index in [9.17, 15) is 4.79 Å². The molecule has 2 amide bonds. The molecule has 0 aliphatic heterocycles. The molecule has 2 rings (SSSR count). The van der Waals surface area contributed by atoms with E-state index < -0.39 is 0 Å². The first-order valence-corrected chi connectivity index (χ1v) is 8.08. The van der Waals surface area contributed by atoms with Crippen LogP contribution in [0.1, 0.15) is 12.6 Å². The van der Waals surface area contributed by atoms with Gasteiger partial charge in [0.25, 0.3) is 0 Å². The maximum Gasteiger partial charge on any atom is 0.319 e. The van der Waals surface area contributed by atoms with Crippen LogP contribution in [0.4, 0.5) is 22.2 Å². The summed E-state index contributed by atoms with van der Waals surface area (Å²) in [5, 5.41) is 12.3. The van der Waals surface area contributed by atoms with Gasteiger partial charge in [0.2, 0.25) is 5.95 Å². The Kier molecular flexibility index (Phi) is 6.62. The predicted octanol–water partition coefficient (Wildman–Crippen LogP) is 3.10. The van der Waals surface area contributed by atoms with Crippen molar-refractivity contribution in [2.45, 2.75) is 13.8 Å². The number of urea groups is 1. The minimum absolute atomic E-state index is 0.294. The third-order valence-corrected chi connectivity index (χ3v) is 3.22. The van der Waals surface area contributed by atoms with Crippen LogP contribution >= 0.6 is 11.6 Å². The van der Waals surface area contributed by atoms with Gasteiger partial charge in [-0.05, 0) is 32.0 Å². The van der Waals surface area contributed by atoms with Gasteiger partial charge in [-0.3, -0.25) is 0 Å². The summed E-state index contributed by atoms with van der Waals surface area (Å²) >= 11 is 5.87. The number of aryl methyl sites for hydroxylation is 1. The zero-order valence-electron chi connectivity index (χ0n) is 13.7. The van der Waals surface area contributed by atoms with Crippen molar-refractivity contribution in [3.63, 3.8) is 0 Å². The van der Waals surface area contributed by atoms with Crippen molar-refractivity contribution in [3.05, 3.63) is 41.0 Å².